The SMILES string of the molecule is CCC(C(=O)OC)C1CCc2cc(OCCc3nc(-c4ccccc4)oc3C)c(Br)cc21. The molecule has 1 aromatic heterocycles. The van der Waals surface area contributed by atoms with Gasteiger partial charge in [-0.25, -0.2) is 4.98 Å². The second-order valence-corrected chi connectivity index (χ2v) is 9.01. The first-order valence-electron chi connectivity index (χ1n) is 11.1. The average molecular weight is 498 g/mol. The average Bonchev–Trinajstić information content (AvgIpc) is 3.38. The summed E-state index contributed by atoms with van der Waals surface area (Å²) in [5.74, 6) is 2.24. The van der Waals surface area contributed by atoms with Gasteiger partial charge in [-0.3, -0.25) is 4.79 Å². The third kappa shape index (κ3) is 4.60. The van der Waals surface area contributed by atoms with Crippen LogP contribution in [0.25, 0.3) is 11.5 Å². The number of methoxy groups -OCH3 is 1. The number of aromatic nitrogens is 1. The number of nitrogens with zero attached hydrogens (tertiary/aromatic N) is 1. The largest absolute Gasteiger partial charge is 0.492 e. The molecule has 2 aromatic carbocycles. The molecule has 2 atom stereocenters. The van der Waals surface area contributed by atoms with Crippen molar-refractivity contribution in [2.75, 3.05) is 13.7 Å². The number of aryl methyl sites for hydroxylation is 2. The Labute approximate surface area is 197 Å². The molecule has 4 rings (SSSR count). The van der Waals surface area contributed by atoms with Crippen LogP contribution in [0.1, 0.15) is 48.3 Å². The van der Waals surface area contributed by atoms with Crippen molar-refractivity contribution in [3.05, 3.63) is 69.5 Å². The number of fused-ring (bicyclic) bond motifs is 1. The predicted molar refractivity (Wildman–Crippen MR) is 127 cm³/mol. The number of carbonyl (C=O) groups is 1. The molecule has 0 saturated carbocycles. The summed E-state index contributed by atoms with van der Waals surface area (Å²) in [6.07, 6.45) is 3.34. The Morgan fingerprint density at radius 2 is 2.06 bits per heavy atom. The van der Waals surface area contributed by atoms with Gasteiger partial charge in [0.1, 0.15) is 11.5 Å². The quantitative estimate of drug-likeness (QED) is 0.343. The zero-order valence-corrected chi connectivity index (χ0v) is 20.3. The van der Waals surface area contributed by atoms with Crippen molar-refractivity contribution in [3.8, 4) is 17.2 Å². The molecule has 32 heavy (non-hydrogen) atoms. The van der Waals surface area contributed by atoms with Gasteiger partial charge in [0.05, 0.1) is 29.8 Å². The molecule has 168 valence electrons. The summed E-state index contributed by atoms with van der Waals surface area (Å²) < 4.78 is 17.9. The van der Waals surface area contributed by atoms with E-state index in [0.717, 1.165) is 46.5 Å². The maximum absolute atomic E-state index is 12.2. The number of halogens is 1. The topological polar surface area (TPSA) is 61.6 Å². The van der Waals surface area contributed by atoms with E-state index in [9.17, 15) is 4.79 Å². The molecule has 3 aromatic rings. The van der Waals surface area contributed by atoms with E-state index in [4.69, 9.17) is 13.9 Å². The summed E-state index contributed by atoms with van der Waals surface area (Å²) in [4.78, 5) is 16.9. The molecule has 1 aliphatic rings. The van der Waals surface area contributed by atoms with Crippen LogP contribution in [-0.4, -0.2) is 24.7 Å². The van der Waals surface area contributed by atoms with Gasteiger partial charge in [0, 0.05) is 12.0 Å². The molecule has 1 aliphatic carbocycles. The fourth-order valence-electron chi connectivity index (χ4n) is 4.56. The zero-order valence-electron chi connectivity index (χ0n) is 18.7. The van der Waals surface area contributed by atoms with Crippen LogP contribution in [-0.2, 0) is 22.4 Å². The molecule has 1 heterocycles. The van der Waals surface area contributed by atoms with E-state index < -0.39 is 0 Å². The van der Waals surface area contributed by atoms with Gasteiger partial charge in [-0.15, -0.1) is 0 Å². The third-order valence-corrected chi connectivity index (χ3v) is 6.88. The molecule has 5 nitrogen and oxygen atoms in total. The number of hydrogen-bond donors (Lipinski definition) is 0. The maximum atomic E-state index is 12.2. The van der Waals surface area contributed by atoms with E-state index in [-0.39, 0.29) is 17.8 Å². The van der Waals surface area contributed by atoms with E-state index in [1.54, 1.807) is 0 Å². The van der Waals surface area contributed by atoms with Crippen LogP contribution in [0.4, 0.5) is 0 Å². The van der Waals surface area contributed by atoms with Crippen molar-refractivity contribution in [2.45, 2.75) is 45.4 Å². The highest BCUT2D eigenvalue weighted by atomic mass is 79.9. The van der Waals surface area contributed by atoms with Gasteiger partial charge >= 0.3 is 5.97 Å². The van der Waals surface area contributed by atoms with Crippen LogP contribution in [0.2, 0.25) is 0 Å². The molecule has 0 spiro atoms. The summed E-state index contributed by atoms with van der Waals surface area (Å²) in [6.45, 7) is 4.48. The lowest BCUT2D eigenvalue weighted by Crippen LogP contribution is -2.21. The van der Waals surface area contributed by atoms with Crippen LogP contribution in [0.15, 0.2) is 51.4 Å². The Bertz CT molecular complexity index is 1090. The number of carbonyl (C=O) groups excluding carboxylic acids is 1. The monoisotopic (exact) mass is 497 g/mol. The van der Waals surface area contributed by atoms with Gasteiger partial charge in [0.25, 0.3) is 0 Å². The van der Waals surface area contributed by atoms with E-state index in [2.05, 4.69) is 33.0 Å². The minimum absolute atomic E-state index is 0.103. The summed E-state index contributed by atoms with van der Waals surface area (Å²) in [5, 5.41) is 0. The summed E-state index contributed by atoms with van der Waals surface area (Å²) in [6, 6.07) is 14.1. The minimum Gasteiger partial charge on any atom is -0.492 e. The highest BCUT2D eigenvalue weighted by molar-refractivity contribution is 9.10. The Morgan fingerprint density at radius 3 is 2.78 bits per heavy atom. The fourth-order valence-corrected chi connectivity index (χ4v) is 5.03. The lowest BCUT2D eigenvalue weighted by molar-refractivity contribution is -0.146. The van der Waals surface area contributed by atoms with E-state index in [1.807, 2.05) is 44.2 Å². The number of ether oxygens (including phenoxy) is 2. The number of esters is 1. The van der Waals surface area contributed by atoms with Crippen LogP contribution in [0.3, 0.4) is 0 Å². The van der Waals surface area contributed by atoms with Gasteiger partial charge in [0.2, 0.25) is 5.89 Å². The van der Waals surface area contributed by atoms with Crippen molar-refractivity contribution in [3.63, 3.8) is 0 Å². The van der Waals surface area contributed by atoms with Crippen LogP contribution in [0, 0.1) is 12.8 Å². The number of hydrogen-bond acceptors (Lipinski definition) is 5. The lowest BCUT2D eigenvalue weighted by atomic mass is 9.85. The Hall–Kier alpha value is -2.60. The molecule has 0 amide bonds. The first-order chi connectivity index (χ1) is 15.5. The van der Waals surface area contributed by atoms with Gasteiger partial charge in [-0.2, -0.15) is 0 Å². The number of rotatable bonds is 8. The number of benzene rings is 2. The van der Waals surface area contributed by atoms with Crippen molar-refractivity contribution in [2.24, 2.45) is 5.92 Å². The molecule has 0 saturated heterocycles. The van der Waals surface area contributed by atoms with E-state index >= 15 is 0 Å². The predicted octanol–water partition coefficient (Wildman–Crippen LogP) is 6.26. The normalized spacial score (nSPS) is 15.9. The van der Waals surface area contributed by atoms with Gasteiger partial charge in [-0.05, 0) is 83.4 Å². The van der Waals surface area contributed by atoms with Crippen molar-refractivity contribution < 1.29 is 18.7 Å². The summed E-state index contributed by atoms with van der Waals surface area (Å²) >= 11 is 3.66. The summed E-state index contributed by atoms with van der Waals surface area (Å²) in [7, 11) is 1.47. The molecule has 0 N–H and O–H groups in total. The van der Waals surface area contributed by atoms with Crippen molar-refractivity contribution >= 4 is 21.9 Å². The highest BCUT2D eigenvalue weighted by Crippen LogP contribution is 2.44. The lowest BCUT2D eigenvalue weighted by Gasteiger charge is -2.21. The number of oxazole rings is 1. The molecule has 0 aliphatic heterocycles. The second kappa shape index (κ2) is 9.90. The smallest absolute Gasteiger partial charge is 0.309 e. The Balaban J connectivity index is 1.43. The Morgan fingerprint density at radius 1 is 1.28 bits per heavy atom. The van der Waals surface area contributed by atoms with Gasteiger partial charge in [0.15, 0.2) is 0 Å². The molecule has 0 fully saturated rings. The molecule has 2 unspecified atom stereocenters. The fraction of sp³-hybridized carbons (Fsp3) is 0.385. The molecular weight excluding hydrogens is 470 g/mol. The van der Waals surface area contributed by atoms with E-state index in [1.165, 1.54) is 18.2 Å². The standard InChI is InChI=1S/C26H28BrNO4/c1-4-19(26(29)30-3)20-11-10-18-14-24(22(27)15-21(18)20)31-13-12-23-16(2)32-25(28-23)17-8-6-5-7-9-17/h5-9,14-15,19-20H,4,10-13H2,1-3H3. The van der Waals surface area contributed by atoms with Gasteiger partial charge in [-0.1, -0.05) is 25.1 Å². The molecular formula is C26H28BrNO4. The minimum atomic E-state index is -0.125. The van der Waals surface area contributed by atoms with Crippen LogP contribution in [0.5, 0.6) is 5.75 Å². The zero-order chi connectivity index (χ0) is 22.7. The molecule has 6 heteroatoms. The van der Waals surface area contributed by atoms with Crippen LogP contribution >= 0.6 is 15.9 Å². The first kappa shape index (κ1) is 22.6. The van der Waals surface area contributed by atoms with Crippen molar-refractivity contribution in [1.29, 1.82) is 0 Å². The Kier molecular flexibility index (Phi) is 6.99. The summed E-state index contributed by atoms with van der Waals surface area (Å²) in [5.41, 5.74) is 4.35. The second-order valence-electron chi connectivity index (χ2n) is 8.15. The maximum Gasteiger partial charge on any atom is 0.309 e. The highest BCUT2D eigenvalue weighted by Gasteiger charge is 2.34. The molecule has 0 radical (unpaired) electrons. The van der Waals surface area contributed by atoms with E-state index in [0.29, 0.717) is 18.9 Å². The third-order valence-electron chi connectivity index (χ3n) is 6.26. The molecule has 0 bridgehead atoms. The van der Waals surface area contributed by atoms with Crippen LogP contribution < -0.4 is 4.74 Å². The van der Waals surface area contributed by atoms with Gasteiger partial charge < -0.3 is 13.9 Å². The first-order valence-corrected chi connectivity index (χ1v) is 11.9. The van der Waals surface area contributed by atoms with Crippen molar-refractivity contribution in [1.82, 2.24) is 4.98 Å².